The molecule has 1 saturated carbocycles. The van der Waals surface area contributed by atoms with Crippen LogP contribution in [0, 0.1) is 17.8 Å². The van der Waals surface area contributed by atoms with E-state index >= 15 is 0 Å². The molecule has 0 bridgehead atoms. The quantitative estimate of drug-likeness (QED) is 0.825. The molecule has 0 aromatic rings. The maximum absolute atomic E-state index is 12.6. The van der Waals surface area contributed by atoms with Crippen LogP contribution in [0.1, 0.15) is 58.3 Å². The summed E-state index contributed by atoms with van der Waals surface area (Å²) in [5.74, 6) is 2.02. The topological polar surface area (TPSA) is 61.4 Å². The summed E-state index contributed by atoms with van der Waals surface area (Å²) in [5, 5.41) is 6.55. The molecule has 0 radical (unpaired) electrons. The van der Waals surface area contributed by atoms with E-state index in [1.165, 1.54) is 6.42 Å². The molecule has 3 atom stereocenters. The minimum atomic E-state index is -0.0589. The highest BCUT2D eigenvalue weighted by atomic mass is 16.2. The Morgan fingerprint density at radius 1 is 1.04 bits per heavy atom. The van der Waals surface area contributed by atoms with Crippen LogP contribution in [0.5, 0.6) is 0 Å². The number of hydrogen-bond donors (Lipinski definition) is 2. The van der Waals surface area contributed by atoms with Gasteiger partial charge in [-0.25, -0.2) is 0 Å². The van der Waals surface area contributed by atoms with E-state index in [4.69, 9.17) is 0 Å². The number of carbonyl (C=O) groups excluding carboxylic acids is 2. The van der Waals surface area contributed by atoms with E-state index < -0.39 is 0 Å². The lowest BCUT2D eigenvalue weighted by Crippen LogP contribution is -2.42. The first-order valence-corrected chi connectivity index (χ1v) is 9.92. The van der Waals surface area contributed by atoms with Crippen molar-refractivity contribution in [2.45, 2.75) is 64.3 Å². The van der Waals surface area contributed by atoms with Crippen molar-refractivity contribution in [1.82, 2.24) is 15.5 Å². The molecule has 136 valence electrons. The molecule has 1 aliphatic carbocycles. The van der Waals surface area contributed by atoms with Crippen molar-refractivity contribution < 1.29 is 9.59 Å². The summed E-state index contributed by atoms with van der Waals surface area (Å²) < 4.78 is 0. The Labute approximate surface area is 145 Å². The van der Waals surface area contributed by atoms with Crippen LogP contribution in [-0.2, 0) is 9.59 Å². The van der Waals surface area contributed by atoms with Gasteiger partial charge in [0.25, 0.3) is 0 Å². The molecule has 5 heteroatoms. The molecule has 2 amide bonds. The second-order valence-electron chi connectivity index (χ2n) is 8.09. The summed E-state index contributed by atoms with van der Waals surface area (Å²) in [4.78, 5) is 26.9. The lowest BCUT2D eigenvalue weighted by atomic mass is 9.88. The minimum absolute atomic E-state index is 0.0589. The van der Waals surface area contributed by atoms with E-state index in [0.29, 0.717) is 6.42 Å². The van der Waals surface area contributed by atoms with E-state index in [-0.39, 0.29) is 23.8 Å². The molecule has 0 aromatic carbocycles. The van der Waals surface area contributed by atoms with E-state index in [1.54, 1.807) is 0 Å². The van der Waals surface area contributed by atoms with Gasteiger partial charge >= 0.3 is 0 Å². The highest BCUT2D eigenvalue weighted by molar-refractivity contribution is 5.81. The van der Waals surface area contributed by atoms with Crippen LogP contribution < -0.4 is 10.6 Å². The van der Waals surface area contributed by atoms with Crippen molar-refractivity contribution >= 4 is 11.8 Å². The van der Waals surface area contributed by atoms with E-state index in [2.05, 4.69) is 10.6 Å². The highest BCUT2D eigenvalue weighted by Gasteiger charge is 2.32. The second kappa shape index (κ2) is 8.32. The number of rotatable bonds is 4. The highest BCUT2D eigenvalue weighted by Crippen LogP contribution is 2.27. The largest absolute Gasteiger partial charge is 0.353 e. The van der Waals surface area contributed by atoms with Crippen LogP contribution in [0.4, 0.5) is 0 Å². The first-order chi connectivity index (χ1) is 11.6. The van der Waals surface area contributed by atoms with Crippen LogP contribution in [0.25, 0.3) is 0 Å². The Balaban J connectivity index is 1.42. The molecule has 24 heavy (non-hydrogen) atoms. The molecule has 5 nitrogen and oxygen atoms in total. The van der Waals surface area contributed by atoms with Gasteiger partial charge in [0.05, 0.1) is 0 Å². The van der Waals surface area contributed by atoms with E-state index in [1.807, 2.05) is 11.8 Å². The van der Waals surface area contributed by atoms with Crippen LogP contribution >= 0.6 is 0 Å². The normalized spacial score (nSPS) is 29.6. The number of nitrogens with zero attached hydrogens (tertiary/aromatic N) is 1. The molecule has 2 heterocycles. The molecule has 2 saturated heterocycles. The van der Waals surface area contributed by atoms with Crippen molar-refractivity contribution in [3.05, 3.63) is 0 Å². The van der Waals surface area contributed by atoms with E-state index in [9.17, 15) is 9.59 Å². The summed E-state index contributed by atoms with van der Waals surface area (Å²) in [7, 11) is 0. The number of likely N-dealkylation sites (tertiary alicyclic amines) is 1. The third kappa shape index (κ3) is 4.50. The first-order valence-electron chi connectivity index (χ1n) is 9.92. The number of amides is 2. The lowest BCUT2D eigenvalue weighted by molar-refractivity contribution is -0.132. The monoisotopic (exact) mass is 335 g/mol. The van der Waals surface area contributed by atoms with Crippen LogP contribution in [0.15, 0.2) is 0 Å². The van der Waals surface area contributed by atoms with Gasteiger partial charge in [0, 0.05) is 31.5 Å². The predicted molar refractivity (Wildman–Crippen MR) is 94.5 cm³/mol. The van der Waals surface area contributed by atoms with Gasteiger partial charge in [-0.15, -0.1) is 0 Å². The van der Waals surface area contributed by atoms with Gasteiger partial charge in [0.15, 0.2) is 0 Å². The van der Waals surface area contributed by atoms with Gasteiger partial charge in [0.1, 0.15) is 0 Å². The van der Waals surface area contributed by atoms with Gasteiger partial charge in [-0.1, -0.05) is 19.3 Å². The Morgan fingerprint density at radius 3 is 2.29 bits per heavy atom. The van der Waals surface area contributed by atoms with Crippen molar-refractivity contribution in [2.24, 2.45) is 17.8 Å². The van der Waals surface area contributed by atoms with Gasteiger partial charge in [0.2, 0.25) is 11.8 Å². The van der Waals surface area contributed by atoms with Crippen molar-refractivity contribution in [3.8, 4) is 0 Å². The molecule has 0 aromatic heterocycles. The van der Waals surface area contributed by atoms with Gasteiger partial charge in [-0.3, -0.25) is 9.59 Å². The van der Waals surface area contributed by atoms with Crippen molar-refractivity contribution in [2.75, 3.05) is 26.2 Å². The molecule has 2 aliphatic heterocycles. The number of carbonyl (C=O) groups is 2. The zero-order valence-electron chi connectivity index (χ0n) is 15.1. The maximum atomic E-state index is 12.6. The third-order valence-electron chi connectivity index (χ3n) is 6.22. The van der Waals surface area contributed by atoms with Crippen LogP contribution in [-0.4, -0.2) is 48.9 Å². The average molecular weight is 335 g/mol. The SMILES string of the molecule is CC(CC(=O)N1CC[C@@H]2CNC[C@@H]2CC1)NC(=O)C1CCCCC1. The number of fused-ring (bicyclic) bond motifs is 1. The smallest absolute Gasteiger partial charge is 0.224 e. The lowest BCUT2D eigenvalue weighted by Gasteiger charge is -2.25. The van der Waals surface area contributed by atoms with Crippen molar-refractivity contribution in [1.29, 1.82) is 0 Å². The van der Waals surface area contributed by atoms with Gasteiger partial charge in [-0.05, 0) is 57.5 Å². The molecule has 0 spiro atoms. The standard InChI is InChI=1S/C19H33N3O2/c1-14(21-19(24)15-5-3-2-4-6-15)11-18(23)22-9-7-16-12-20-13-17(16)8-10-22/h14-17,20H,2-13H2,1H3,(H,21,24)/t14?,16-,17+. The Bertz CT molecular complexity index is 434. The summed E-state index contributed by atoms with van der Waals surface area (Å²) >= 11 is 0. The van der Waals surface area contributed by atoms with Gasteiger partial charge < -0.3 is 15.5 Å². The molecule has 3 aliphatic rings. The fourth-order valence-electron chi connectivity index (χ4n) is 4.64. The Morgan fingerprint density at radius 2 is 1.67 bits per heavy atom. The molecular weight excluding hydrogens is 302 g/mol. The molecule has 1 unspecified atom stereocenters. The summed E-state index contributed by atoms with van der Waals surface area (Å²) in [6.07, 6.45) is 8.27. The Hall–Kier alpha value is -1.10. The van der Waals surface area contributed by atoms with Gasteiger partial charge in [-0.2, -0.15) is 0 Å². The summed E-state index contributed by atoms with van der Waals surface area (Å²) in [5.41, 5.74) is 0. The number of nitrogens with one attached hydrogen (secondary N) is 2. The average Bonchev–Trinajstić information content (AvgIpc) is 2.93. The van der Waals surface area contributed by atoms with Crippen LogP contribution in [0.2, 0.25) is 0 Å². The molecular formula is C19H33N3O2. The van der Waals surface area contributed by atoms with Crippen molar-refractivity contribution in [3.63, 3.8) is 0 Å². The summed E-state index contributed by atoms with van der Waals surface area (Å²) in [6, 6.07) is -0.0589. The zero-order chi connectivity index (χ0) is 16.9. The molecule has 2 N–H and O–H groups in total. The molecule has 3 fully saturated rings. The predicted octanol–water partition coefficient (Wildman–Crippen LogP) is 1.92. The first kappa shape index (κ1) is 17.7. The maximum Gasteiger partial charge on any atom is 0.224 e. The number of hydrogen-bond acceptors (Lipinski definition) is 3. The second-order valence-corrected chi connectivity index (χ2v) is 8.09. The minimum Gasteiger partial charge on any atom is -0.353 e. The third-order valence-corrected chi connectivity index (χ3v) is 6.22. The fourth-order valence-corrected chi connectivity index (χ4v) is 4.64. The summed E-state index contributed by atoms with van der Waals surface area (Å²) in [6.45, 7) is 5.95. The van der Waals surface area contributed by atoms with E-state index in [0.717, 1.165) is 76.5 Å². The van der Waals surface area contributed by atoms with Crippen LogP contribution in [0.3, 0.4) is 0 Å². The molecule has 3 rings (SSSR count). The fraction of sp³-hybridized carbons (Fsp3) is 0.895. The Kier molecular flexibility index (Phi) is 6.14. The zero-order valence-corrected chi connectivity index (χ0v) is 15.1.